The second-order valence-electron chi connectivity index (χ2n) is 12.8. The third-order valence-corrected chi connectivity index (χ3v) is 7.96. The summed E-state index contributed by atoms with van der Waals surface area (Å²) in [5.41, 5.74) is 6.03. The lowest BCUT2D eigenvalue weighted by Gasteiger charge is -2.24. The lowest BCUT2D eigenvalue weighted by Crippen LogP contribution is -2.54. The number of benzene rings is 4. The van der Waals surface area contributed by atoms with Crippen LogP contribution in [0.3, 0.4) is 0 Å². The molecule has 0 aromatic heterocycles. The molecule has 3 N–H and O–H groups in total. The van der Waals surface area contributed by atoms with Crippen molar-refractivity contribution in [2.24, 2.45) is 0 Å². The number of esters is 1. The molecule has 3 amide bonds. The molecular weight excluding hydrogens is 634 g/mol. The minimum Gasteiger partial charge on any atom is -0.467 e. The highest BCUT2D eigenvalue weighted by molar-refractivity contribution is 5.97. The molecule has 0 saturated carbocycles. The van der Waals surface area contributed by atoms with Crippen LogP contribution in [0, 0.1) is 11.8 Å². The molecule has 1 aliphatic rings. The van der Waals surface area contributed by atoms with E-state index < -0.39 is 41.7 Å². The molecule has 10 heteroatoms. The van der Waals surface area contributed by atoms with Crippen molar-refractivity contribution in [2.75, 3.05) is 19.0 Å². The summed E-state index contributed by atoms with van der Waals surface area (Å²) in [6.07, 6.45) is -1.26. The number of carbonyl (C=O) groups excluding carboxylic acids is 4. The van der Waals surface area contributed by atoms with Crippen LogP contribution >= 0.6 is 0 Å². The Bertz CT molecular complexity index is 1890. The number of hydrogen-bond acceptors (Lipinski definition) is 7. The maximum atomic E-state index is 13.1. The van der Waals surface area contributed by atoms with E-state index in [2.05, 4.69) is 39.9 Å². The molecule has 10 nitrogen and oxygen atoms in total. The van der Waals surface area contributed by atoms with Crippen LogP contribution in [0.2, 0.25) is 0 Å². The number of amides is 3. The summed E-state index contributed by atoms with van der Waals surface area (Å²) in [5.74, 6) is 4.71. The van der Waals surface area contributed by atoms with Crippen LogP contribution in [-0.4, -0.2) is 55.5 Å². The summed E-state index contributed by atoms with van der Waals surface area (Å²) in [5, 5.41) is 8.00. The number of methoxy groups -OCH3 is 1. The summed E-state index contributed by atoms with van der Waals surface area (Å²) in [7, 11) is 1.21. The van der Waals surface area contributed by atoms with E-state index in [1.807, 2.05) is 36.4 Å². The van der Waals surface area contributed by atoms with Gasteiger partial charge in [0.15, 0.2) is 0 Å². The molecule has 0 bridgehead atoms. The SMILES string of the molecule is COC(=O)[C@@H](NC(=O)c1ccc(C#Cc2ccc(NC(=O)OC(C)(C)C)cc2)cc1)[C@@H](C)NC(=O)OCC1c2ccccc2-c2ccccc21. The van der Waals surface area contributed by atoms with Gasteiger partial charge in [-0.2, -0.15) is 0 Å². The van der Waals surface area contributed by atoms with Crippen molar-refractivity contribution in [1.29, 1.82) is 0 Å². The Kier molecular flexibility index (Phi) is 10.9. The molecule has 0 heterocycles. The van der Waals surface area contributed by atoms with Crippen LogP contribution in [-0.2, 0) is 19.0 Å². The molecule has 1 aliphatic carbocycles. The number of alkyl carbamates (subject to hydrolysis) is 1. The highest BCUT2D eigenvalue weighted by Gasteiger charge is 2.32. The second-order valence-corrected chi connectivity index (χ2v) is 12.8. The first-order valence-electron chi connectivity index (χ1n) is 16.1. The molecule has 4 aromatic rings. The van der Waals surface area contributed by atoms with Gasteiger partial charge < -0.3 is 24.8 Å². The number of nitrogens with one attached hydrogen (secondary N) is 3. The average Bonchev–Trinajstić information content (AvgIpc) is 3.41. The van der Waals surface area contributed by atoms with E-state index in [9.17, 15) is 19.2 Å². The van der Waals surface area contributed by atoms with Crippen LogP contribution in [0.1, 0.15) is 66.2 Å². The van der Waals surface area contributed by atoms with Gasteiger partial charge in [-0.05, 0) is 98.5 Å². The van der Waals surface area contributed by atoms with Gasteiger partial charge in [-0.3, -0.25) is 10.1 Å². The Labute approximate surface area is 291 Å². The maximum absolute atomic E-state index is 13.1. The quantitative estimate of drug-likeness (QED) is 0.109. The zero-order valence-electron chi connectivity index (χ0n) is 28.5. The number of ether oxygens (including phenoxy) is 3. The first kappa shape index (κ1) is 35.2. The van der Waals surface area contributed by atoms with E-state index >= 15 is 0 Å². The second kappa shape index (κ2) is 15.4. The van der Waals surface area contributed by atoms with Gasteiger partial charge in [-0.15, -0.1) is 0 Å². The van der Waals surface area contributed by atoms with Gasteiger partial charge in [0.2, 0.25) is 0 Å². The van der Waals surface area contributed by atoms with E-state index in [0.717, 1.165) is 27.8 Å². The van der Waals surface area contributed by atoms with E-state index in [1.54, 1.807) is 76.2 Å². The molecule has 5 rings (SSSR count). The van der Waals surface area contributed by atoms with Crippen LogP contribution < -0.4 is 16.0 Å². The molecule has 256 valence electrons. The number of hydrogen-bond donors (Lipinski definition) is 3. The molecule has 0 fully saturated rings. The van der Waals surface area contributed by atoms with Gasteiger partial charge in [0.05, 0.1) is 13.2 Å². The minimum atomic E-state index is -1.18. The van der Waals surface area contributed by atoms with Gasteiger partial charge in [0.25, 0.3) is 5.91 Å². The highest BCUT2D eigenvalue weighted by Crippen LogP contribution is 2.44. The van der Waals surface area contributed by atoms with E-state index in [-0.39, 0.29) is 18.1 Å². The Morgan fingerprint density at radius 3 is 1.82 bits per heavy atom. The monoisotopic (exact) mass is 673 g/mol. The third kappa shape index (κ3) is 8.88. The summed E-state index contributed by atoms with van der Waals surface area (Å²) in [6, 6.07) is 27.5. The third-order valence-electron chi connectivity index (χ3n) is 7.96. The van der Waals surface area contributed by atoms with Crippen molar-refractivity contribution >= 4 is 29.8 Å². The molecule has 0 spiro atoms. The van der Waals surface area contributed by atoms with Gasteiger partial charge in [0, 0.05) is 28.3 Å². The minimum absolute atomic E-state index is 0.105. The van der Waals surface area contributed by atoms with E-state index in [1.165, 1.54) is 7.11 Å². The first-order valence-corrected chi connectivity index (χ1v) is 16.1. The fraction of sp³-hybridized carbons (Fsp3) is 0.250. The van der Waals surface area contributed by atoms with Crippen molar-refractivity contribution in [1.82, 2.24) is 10.6 Å². The summed E-state index contributed by atoms with van der Waals surface area (Å²) in [4.78, 5) is 50.7. The van der Waals surface area contributed by atoms with Gasteiger partial charge in [0.1, 0.15) is 18.2 Å². The molecule has 0 radical (unpaired) electrons. The number of fused-ring (bicyclic) bond motifs is 3. The molecule has 0 aliphatic heterocycles. The Balaban J connectivity index is 1.15. The first-order chi connectivity index (χ1) is 23.9. The Hall–Kier alpha value is -6.08. The number of anilines is 1. The zero-order chi connectivity index (χ0) is 35.8. The predicted molar refractivity (Wildman–Crippen MR) is 190 cm³/mol. The van der Waals surface area contributed by atoms with Crippen molar-refractivity contribution in [3.8, 4) is 23.0 Å². The fourth-order valence-corrected chi connectivity index (χ4v) is 5.56. The van der Waals surface area contributed by atoms with Crippen molar-refractivity contribution < 1.29 is 33.4 Å². The summed E-state index contributed by atoms with van der Waals surface area (Å²) in [6.45, 7) is 7.06. The maximum Gasteiger partial charge on any atom is 0.412 e. The van der Waals surface area contributed by atoms with Crippen LogP contribution in [0.25, 0.3) is 11.1 Å². The van der Waals surface area contributed by atoms with Crippen LogP contribution in [0.4, 0.5) is 15.3 Å². The molecule has 2 atom stereocenters. The highest BCUT2D eigenvalue weighted by atomic mass is 16.6. The standard InChI is InChI=1S/C40H39N3O7/c1-25(41-38(46)49-24-34-32-12-8-6-10-30(32)31-11-7-9-13-33(31)34)35(37(45)48-5)43-36(44)28-20-16-26(17-21-28)14-15-27-18-22-29(23-19-27)42-39(47)50-40(2,3)4/h6-13,16-23,25,34-35H,24H2,1-5H3,(H,41,46)(H,42,47)(H,43,44)/t25-,35+/m1/s1. The Morgan fingerprint density at radius 1 is 0.740 bits per heavy atom. The lowest BCUT2D eigenvalue weighted by atomic mass is 9.98. The predicted octanol–water partition coefficient (Wildman–Crippen LogP) is 6.63. The van der Waals surface area contributed by atoms with Crippen molar-refractivity contribution in [3.05, 3.63) is 125 Å². The molecule has 0 saturated heterocycles. The summed E-state index contributed by atoms with van der Waals surface area (Å²) < 4.78 is 15.8. The number of carbonyl (C=O) groups is 4. The van der Waals surface area contributed by atoms with Gasteiger partial charge in [-0.1, -0.05) is 60.4 Å². The molecule has 4 aromatic carbocycles. The smallest absolute Gasteiger partial charge is 0.412 e. The average molecular weight is 674 g/mol. The zero-order valence-corrected chi connectivity index (χ0v) is 28.5. The topological polar surface area (TPSA) is 132 Å². The largest absolute Gasteiger partial charge is 0.467 e. The molecular formula is C40H39N3O7. The van der Waals surface area contributed by atoms with Crippen LogP contribution in [0.5, 0.6) is 0 Å². The fourth-order valence-electron chi connectivity index (χ4n) is 5.56. The normalized spacial score (nSPS) is 12.9. The molecule has 0 unspecified atom stereocenters. The van der Waals surface area contributed by atoms with Gasteiger partial charge in [-0.25, -0.2) is 14.4 Å². The van der Waals surface area contributed by atoms with Crippen LogP contribution in [0.15, 0.2) is 97.1 Å². The van der Waals surface area contributed by atoms with E-state index in [0.29, 0.717) is 11.3 Å². The number of rotatable bonds is 8. The van der Waals surface area contributed by atoms with Gasteiger partial charge >= 0.3 is 18.2 Å². The van der Waals surface area contributed by atoms with Crippen molar-refractivity contribution in [2.45, 2.75) is 51.3 Å². The Morgan fingerprint density at radius 2 is 1.28 bits per heavy atom. The van der Waals surface area contributed by atoms with E-state index in [4.69, 9.17) is 14.2 Å². The van der Waals surface area contributed by atoms with Crippen molar-refractivity contribution in [3.63, 3.8) is 0 Å². The summed E-state index contributed by atoms with van der Waals surface area (Å²) >= 11 is 0. The lowest BCUT2D eigenvalue weighted by molar-refractivity contribution is -0.143. The molecule has 50 heavy (non-hydrogen) atoms.